The van der Waals surface area contributed by atoms with Crippen molar-refractivity contribution in [1.82, 2.24) is 10.2 Å². The third-order valence-electron chi connectivity index (χ3n) is 2.75. The van der Waals surface area contributed by atoms with Gasteiger partial charge in [-0.2, -0.15) is 0 Å². The van der Waals surface area contributed by atoms with Gasteiger partial charge in [0, 0.05) is 25.4 Å². The van der Waals surface area contributed by atoms with E-state index in [-0.39, 0.29) is 5.75 Å². The highest BCUT2D eigenvalue weighted by Crippen LogP contribution is 2.07. The van der Waals surface area contributed by atoms with E-state index in [9.17, 15) is 8.42 Å². The van der Waals surface area contributed by atoms with Crippen LogP contribution in [-0.4, -0.2) is 71.3 Å². The zero-order valence-electron chi connectivity index (χ0n) is 10.1. The second-order valence-corrected chi connectivity index (χ2v) is 6.57. The predicted octanol–water partition coefficient (Wildman–Crippen LogP) is -0.659. The van der Waals surface area contributed by atoms with Crippen molar-refractivity contribution < 1.29 is 13.2 Å². The molecule has 0 aliphatic carbocycles. The molecule has 0 spiro atoms. The van der Waals surface area contributed by atoms with E-state index in [2.05, 4.69) is 10.2 Å². The molecule has 0 bridgehead atoms. The van der Waals surface area contributed by atoms with Crippen LogP contribution in [0.3, 0.4) is 0 Å². The van der Waals surface area contributed by atoms with Crippen LogP contribution < -0.4 is 5.32 Å². The quantitative estimate of drug-likeness (QED) is 0.678. The third kappa shape index (κ3) is 5.25. The monoisotopic (exact) mass is 250 g/mol. The summed E-state index contributed by atoms with van der Waals surface area (Å²) in [5.74, 6) is 0.274. The minimum absolute atomic E-state index is 0.274. The van der Waals surface area contributed by atoms with E-state index in [1.54, 1.807) is 0 Å². The Hall–Kier alpha value is -0.170. The molecule has 6 heteroatoms. The summed E-state index contributed by atoms with van der Waals surface area (Å²) in [6.45, 7) is 4.11. The maximum atomic E-state index is 11.0. The lowest BCUT2D eigenvalue weighted by Gasteiger charge is -2.35. The second-order valence-electron chi connectivity index (χ2n) is 4.31. The van der Waals surface area contributed by atoms with Crippen LogP contribution >= 0.6 is 0 Å². The molecule has 0 saturated carbocycles. The molecule has 0 radical (unpaired) electrons. The fourth-order valence-corrected chi connectivity index (χ4v) is 2.59. The van der Waals surface area contributed by atoms with Crippen LogP contribution in [0.4, 0.5) is 0 Å². The lowest BCUT2D eigenvalue weighted by atomic mass is 10.2. The van der Waals surface area contributed by atoms with Crippen LogP contribution in [0, 0.1) is 0 Å². The van der Waals surface area contributed by atoms with E-state index in [0.29, 0.717) is 12.5 Å². The normalized spacial score (nSPS) is 23.5. The average molecular weight is 250 g/mol. The van der Waals surface area contributed by atoms with Crippen molar-refractivity contribution in [3.8, 4) is 0 Å². The molecule has 1 aliphatic rings. The first-order chi connectivity index (χ1) is 7.53. The number of ether oxygens (including phenoxy) is 1. The highest BCUT2D eigenvalue weighted by molar-refractivity contribution is 7.90. The Morgan fingerprint density at radius 3 is 2.88 bits per heavy atom. The SMILES string of the molecule is CNCC1COCCN1CCCS(C)(=O)=O. The maximum absolute atomic E-state index is 11.0. The lowest BCUT2D eigenvalue weighted by molar-refractivity contribution is -0.00591. The van der Waals surface area contributed by atoms with Crippen LogP contribution in [-0.2, 0) is 14.6 Å². The molecule has 1 N–H and O–H groups in total. The Balaban J connectivity index is 2.32. The van der Waals surface area contributed by atoms with E-state index in [1.807, 2.05) is 7.05 Å². The number of hydrogen-bond donors (Lipinski definition) is 1. The van der Waals surface area contributed by atoms with Gasteiger partial charge in [0.15, 0.2) is 0 Å². The summed E-state index contributed by atoms with van der Waals surface area (Å²) >= 11 is 0. The van der Waals surface area contributed by atoms with Crippen molar-refractivity contribution in [2.75, 3.05) is 51.9 Å². The fourth-order valence-electron chi connectivity index (χ4n) is 1.94. The molecule has 1 saturated heterocycles. The van der Waals surface area contributed by atoms with E-state index >= 15 is 0 Å². The Bertz CT molecular complexity index is 290. The number of nitrogens with one attached hydrogen (secondary N) is 1. The van der Waals surface area contributed by atoms with Gasteiger partial charge in [-0.15, -0.1) is 0 Å². The Morgan fingerprint density at radius 2 is 2.25 bits per heavy atom. The van der Waals surface area contributed by atoms with Crippen molar-refractivity contribution in [2.24, 2.45) is 0 Å². The maximum Gasteiger partial charge on any atom is 0.147 e. The van der Waals surface area contributed by atoms with Crippen LogP contribution in [0.5, 0.6) is 0 Å². The first kappa shape index (κ1) is 13.9. The van der Waals surface area contributed by atoms with Crippen molar-refractivity contribution in [3.63, 3.8) is 0 Å². The zero-order chi connectivity index (χ0) is 12.0. The van der Waals surface area contributed by atoms with Crippen LogP contribution in [0.25, 0.3) is 0 Å². The Kier molecular flexibility index (Phi) is 5.68. The summed E-state index contributed by atoms with van der Waals surface area (Å²) in [5, 5.41) is 3.13. The largest absolute Gasteiger partial charge is 0.378 e. The van der Waals surface area contributed by atoms with Gasteiger partial charge in [-0.05, 0) is 20.0 Å². The van der Waals surface area contributed by atoms with E-state index in [1.165, 1.54) is 6.26 Å². The second kappa shape index (κ2) is 6.54. The summed E-state index contributed by atoms with van der Waals surface area (Å²) in [5.41, 5.74) is 0. The number of sulfone groups is 1. The molecule has 1 aliphatic heterocycles. The summed E-state index contributed by atoms with van der Waals surface area (Å²) < 4.78 is 27.5. The molecular weight excluding hydrogens is 228 g/mol. The number of likely N-dealkylation sites (N-methyl/N-ethyl adjacent to an activating group) is 1. The minimum atomic E-state index is -2.83. The van der Waals surface area contributed by atoms with E-state index in [0.717, 1.165) is 32.8 Å². The molecule has 1 fully saturated rings. The number of rotatable bonds is 6. The summed E-state index contributed by atoms with van der Waals surface area (Å²) in [4.78, 5) is 2.31. The number of nitrogens with zero attached hydrogens (tertiary/aromatic N) is 1. The average Bonchev–Trinajstić information content (AvgIpc) is 2.19. The van der Waals surface area contributed by atoms with Gasteiger partial charge >= 0.3 is 0 Å². The van der Waals surface area contributed by atoms with Gasteiger partial charge in [0.1, 0.15) is 9.84 Å². The fraction of sp³-hybridized carbons (Fsp3) is 1.00. The molecule has 1 rings (SSSR count). The molecule has 0 aromatic heterocycles. The third-order valence-corrected chi connectivity index (χ3v) is 3.78. The van der Waals surface area contributed by atoms with Crippen LogP contribution in [0.15, 0.2) is 0 Å². The first-order valence-electron chi connectivity index (χ1n) is 5.67. The minimum Gasteiger partial charge on any atom is -0.378 e. The molecule has 16 heavy (non-hydrogen) atoms. The van der Waals surface area contributed by atoms with Gasteiger partial charge < -0.3 is 10.1 Å². The molecule has 0 amide bonds. The molecule has 1 atom stereocenters. The van der Waals surface area contributed by atoms with Gasteiger partial charge in [0.2, 0.25) is 0 Å². The van der Waals surface area contributed by atoms with Gasteiger partial charge in [-0.25, -0.2) is 8.42 Å². The lowest BCUT2D eigenvalue weighted by Crippen LogP contribution is -2.50. The topological polar surface area (TPSA) is 58.6 Å². The summed E-state index contributed by atoms with van der Waals surface area (Å²) in [7, 11) is -0.908. The summed E-state index contributed by atoms with van der Waals surface area (Å²) in [6.07, 6.45) is 2.00. The Morgan fingerprint density at radius 1 is 1.50 bits per heavy atom. The van der Waals surface area contributed by atoms with Crippen LogP contribution in [0.1, 0.15) is 6.42 Å². The zero-order valence-corrected chi connectivity index (χ0v) is 10.9. The van der Waals surface area contributed by atoms with E-state index < -0.39 is 9.84 Å². The van der Waals surface area contributed by atoms with E-state index in [4.69, 9.17) is 4.74 Å². The van der Waals surface area contributed by atoms with Gasteiger partial charge in [-0.3, -0.25) is 4.90 Å². The molecule has 1 unspecified atom stereocenters. The predicted molar refractivity (Wildman–Crippen MR) is 64.4 cm³/mol. The smallest absolute Gasteiger partial charge is 0.147 e. The molecule has 0 aromatic rings. The van der Waals surface area contributed by atoms with Crippen LogP contribution in [0.2, 0.25) is 0 Å². The molecule has 0 aromatic carbocycles. The van der Waals surface area contributed by atoms with Gasteiger partial charge in [0.05, 0.1) is 19.0 Å². The van der Waals surface area contributed by atoms with Crippen molar-refractivity contribution >= 4 is 9.84 Å². The first-order valence-corrected chi connectivity index (χ1v) is 7.73. The van der Waals surface area contributed by atoms with Gasteiger partial charge in [-0.1, -0.05) is 0 Å². The summed E-state index contributed by atoms with van der Waals surface area (Å²) in [6, 6.07) is 0.373. The number of hydrogen-bond acceptors (Lipinski definition) is 5. The van der Waals surface area contributed by atoms with Crippen molar-refractivity contribution in [1.29, 1.82) is 0 Å². The molecule has 96 valence electrons. The molecule has 5 nitrogen and oxygen atoms in total. The Labute approximate surface area is 98.1 Å². The molecular formula is C10H22N2O3S. The van der Waals surface area contributed by atoms with Gasteiger partial charge in [0.25, 0.3) is 0 Å². The highest BCUT2D eigenvalue weighted by Gasteiger charge is 2.21. The van der Waals surface area contributed by atoms with Crippen molar-refractivity contribution in [2.45, 2.75) is 12.5 Å². The van der Waals surface area contributed by atoms with Crippen molar-refractivity contribution in [3.05, 3.63) is 0 Å². The molecule has 1 heterocycles. The standard InChI is InChI=1S/C10H22N2O3S/c1-11-8-10-9-15-6-5-12(10)4-3-7-16(2,13)14/h10-11H,3-9H2,1-2H3. The number of morpholine rings is 1. The highest BCUT2D eigenvalue weighted by atomic mass is 32.2.